The van der Waals surface area contributed by atoms with Crippen molar-refractivity contribution in [3.05, 3.63) is 41.6 Å². The highest BCUT2D eigenvalue weighted by Crippen LogP contribution is 2.58. The Hall–Kier alpha value is -2.85. The number of nitrogens with zero attached hydrogens (tertiary/aromatic N) is 2. The van der Waals surface area contributed by atoms with E-state index >= 15 is 0 Å². The van der Waals surface area contributed by atoms with Crippen LogP contribution in [0.1, 0.15) is 43.9 Å². The van der Waals surface area contributed by atoms with E-state index in [1.54, 1.807) is 0 Å². The third-order valence-electron chi connectivity index (χ3n) is 8.14. The van der Waals surface area contributed by atoms with Gasteiger partial charge in [0.25, 0.3) is 0 Å². The molecule has 3 heterocycles. The Morgan fingerprint density at radius 1 is 1.32 bits per heavy atom. The van der Waals surface area contributed by atoms with Crippen molar-refractivity contribution >= 4 is 17.5 Å². The number of urea groups is 1. The highest BCUT2D eigenvalue weighted by molar-refractivity contribution is 5.90. The molecule has 2 amide bonds. The molecule has 4 atom stereocenters. The average molecular weight is 533 g/mol. The van der Waals surface area contributed by atoms with Crippen molar-refractivity contribution in [2.24, 2.45) is 11.8 Å². The first-order chi connectivity index (χ1) is 18.1. The number of aromatic nitrogens is 1. The summed E-state index contributed by atoms with van der Waals surface area (Å²) in [7, 11) is 0. The van der Waals surface area contributed by atoms with Crippen LogP contribution in [0.2, 0.25) is 0 Å². The summed E-state index contributed by atoms with van der Waals surface area (Å²) >= 11 is 0. The van der Waals surface area contributed by atoms with E-state index in [2.05, 4.69) is 16.7 Å². The zero-order valence-corrected chi connectivity index (χ0v) is 21.8. The van der Waals surface area contributed by atoms with Gasteiger partial charge in [-0.05, 0) is 85.9 Å². The van der Waals surface area contributed by atoms with Crippen molar-refractivity contribution in [3.63, 3.8) is 0 Å². The Kier molecular flexibility index (Phi) is 7.30. The predicted molar refractivity (Wildman–Crippen MR) is 139 cm³/mol. The highest BCUT2D eigenvalue weighted by atomic mass is 19.4. The zero-order valence-electron chi connectivity index (χ0n) is 21.8. The average Bonchev–Trinajstić information content (AvgIpc) is 3.46. The number of halogens is 3. The van der Waals surface area contributed by atoms with Crippen LogP contribution >= 0.6 is 0 Å². The molecule has 3 aliphatic rings. The molecule has 1 aliphatic carbocycles. The van der Waals surface area contributed by atoms with Crippen molar-refractivity contribution in [2.75, 3.05) is 43.5 Å². The second-order valence-corrected chi connectivity index (χ2v) is 11.1. The lowest BCUT2D eigenvalue weighted by atomic mass is 9.90. The number of pyridine rings is 1. The maximum Gasteiger partial charge on any atom is 0.389 e. The van der Waals surface area contributed by atoms with Crippen molar-refractivity contribution in [3.8, 4) is 11.1 Å². The van der Waals surface area contributed by atoms with Gasteiger partial charge in [-0.1, -0.05) is 6.07 Å². The number of amides is 2. The molecule has 10 heteroatoms. The number of benzene rings is 1. The molecule has 1 aromatic carbocycles. The monoisotopic (exact) mass is 532 g/mol. The van der Waals surface area contributed by atoms with Crippen LogP contribution in [-0.4, -0.2) is 66.1 Å². The van der Waals surface area contributed by atoms with Gasteiger partial charge in [-0.15, -0.1) is 0 Å². The third kappa shape index (κ3) is 5.76. The van der Waals surface area contributed by atoms with Crippen LogP contribution < -0.4 is 10.6 Å². The van der Waals surface area contributed by atoms with E-state index in [1.807, 2.05) is 38.1 Å². The number of hydrogen-bond donors (Lipinski definition) is 3. The lowest BCUT2D eigenvalue weighted by Crippen LogP contribution is -2.33. The first-order valence-electron chi connectivity index (χ1n) is 13.3. The fourth-order valence-corrected chi connectivity index (χ4v) is 5.86. The number of fused-ring (bicyclic) bond motifs is 1. The summed E-state index contributed by atoms with van der Waals surface area (Å²) in [5.41, 5.74) is 4.51. The second kappa shape index (κ2) is 10.4. The second-order valence-electron chi connectivity index (χ2n) is 11.1. The normalized spacial score (nSPS) is 25.6. The largest absolute Gasteiger partial charge is 0.394 e. The number of carbonyl (C=O) groups is 1. The molecule has 2 aliphatic heterocycles. The Morgan fingerprint density at radius 2 is 2.13 bits per heavy atom. The minimum absolute atomic E-state index is 0.00951. The summed E-state index contributed by atoms with van der Waals surface area (Å²) in [6, 6.07) is 9.17. The molecule has 38 heavy (non-hydrogen) atoms. The Morgan fingerprint density at radius 3 is 2.87 bits per heavy atom. The lowest BCUT2D eigenvalue weighted by Gasteiger charge is -2.24. The third-order valence-corrected chi connectivity index (χ3v) is 8.14. The Bertz CT molecular complexity index is 1190. The fraction of sp³-hybridized carbons (Fsp3) is 0.571. The fourth-order valence-electron chi connectivity index (χ4n) is 5.86. The quantitative estimate of drug-likeness (QED) is 0.449. The topological polar surface area (TPSA) is 86.7 Å². The number of anilines is 2. The van der Waals surface area contributed by atoms with Crippen LogP contribution in [0.5, 0.6) is 0 Å². The molecule has 5 rings (SSSR count). The summed E-state index contributed by atoms with van der Waals surface area (Å²) < 4.78 is 44.0. The number of likely N-dealkylation sites (tertiary alicyclic amines) is 1. The Labute approximate surface area is 220 Å². The van der Waals surface area contributed by atoms with Crippen LogP contribution in [0.4, 0.5) is 29.5 Å². The minimum Gasteiger partial charge on any atom is -0.394 e. The number of nitrogens with one attached hydrogen (secondary N) is 2. The zero-order chi connectivity index (χ0) is 27.1. The van der Waals surface area contributed by atoms with Gasteiger partial charge >= 0.3 is 12.2 Å². The smallest absolute Gasteiger partial charge is 0.389 e. The molecular weight excluding hydrogens is 497 g/mol. The molecule has 206 valence electrons. The van der Waals surface area contributed by atoms with E-state index in [1.165, 1.54) is 4.90 Å². The van der Waals surface area contributed by atoms with E-state index in [4.69, 9.17) is 9.72 Å². The predicted octanol–water partition coefficient (Wildman–Crippen LogP) is 5.33. The van der Waals surface area contributed by atoms with Gasteiger partial charge in [0.2, 0.25) is 0 Å². The van der Waals surface area contributed by atoms with E-state index in [-0.39, 0.29) is 30.6 Å². The van der Waals surface area contributed by atoms with Crippen molar-refractivity contribution in [2.45, 2.75) is 57.2 Å². The van der Waals surface area contributed by atoms with Gasteiger partial charge in [-0.25, -0.2) is 9.78 Å². The van der Waals surface area contributed by atoms with Crippen molar-refractivity contribution in [1.29, 1.82) is 0 Å². The molecule has 1 aromatic heterocycles. The van der Waals surface area contributed by atoms with Gasteiger partial charge in [0, 0.05) is 43.3 Å². The summed E-state index contributed by atoms with van der Waals surface area (Å²) in [5, 5.41) is 15.7. The number of alkyl halides is 3. The van der Waals surface area contributed by atoms with Gasteiger partial charge in [0.1, 0.15) is 5.82 Å². The van der Waals surface area contributed by atoms with Crippen LogP contribution in [0, 0.1) is 18.8 Å². The highest BCUT2D eigenvalue weighted by Gasteiger charge is 2.57. The molecule has 0 spiro atoms. The molecule has 1 saturated carbocycles. The number of hydrogen-bond acceptors (Lipinski definition) is 5. The van der Waals surface area contributed by atoms with E-state index in [0.29, 0.717) is 37.0 Å². The van der Waals surface area contributed by atoms with Crippen LogP contribution in [-0.2, 0) is 10.2 Å². The molecular formula is C28H35F3N4O3. The number of rotatable bonds is 7. The van der Waals surface area contributed by atoms with E-state index in [0.717, 1.165) is 41.8 Å². The van der Waals surface area contributed by atoms with Gasteiger partial charge in [0.15, 0.2) is 0 Å². The number of ether oxygens (including phenoxy) is 1. The summed E-state index contributed by atoms with van der Waals surface area (Å²) in [6.07, 6.45) is -2.78. The minimum atomic E-state index is -4.22. The summed E-state index contributed by atoms with van der Waals surface area (Å²) in [4.78, 5) is 19.2. The summed E-state index contributed by atoms with van der Waals surface area (Å²) in [5.74, 6) is 0.579. The van der Waals surface area contributed by atoms with Gasteiger partial charge in [-0.2, -0.15) is 13.2 Å². The maximum absolute atomic E-state index is 12.9. The van der Waals surface area contributed by atoms with Gasteiger partial charge in [-0.3, -0.25) is 0 Å². The van der Waals surface area contributed by atoms with Crippen molar-refractivity contribution in [1.82, 2.24) is 9.88 Å². The lowest BCUT2D eigenvalue weighted by molar-refractivity contribution is -0.143. The Balaban J connectivity index is 1.39. The molecule has 7 nitrogen and oxygen atoms in total. The standard InChI is InChI=1S/C28H35F3N4O3/c1-17-3-4-22(33-26(37)35-7-5-19(14-35)12-28(29,30)31)11-23(17)20-9-24(27-6-8-38-16-21(27)13-27)34-25(10-20)32-18(2)15-36/h3-4,9-11,18-19,21,36H,5-8,12-16H2,1-2H3,(H,32,34)(H,33,37)/t18?,19?,21-,27+/m1/s1. The van der Waals surface area contributed by atoms with Gasteiger partial charge in [0.05, 0.1) is 18.9 Å². The molecule has 2 saturated heterocycles. The van der Waals surface area contributed by atoms with Crippen LogP contribution in [0.25, 0.3) is 11.1 Å². The van der Waals surface area contributed by atoms with E-state index in [9.17, 15) is 23.1 Å². The molecule has 0 bridgehead atoms. The first-order valence-corrected chi connectivity index (χ1v) is 13.3. The number of aryl methyl sites for hydroxylation is 1. The first kappa shape index (κ1) is 26.7. The molecule has 3 N–H and O–H groups in total. The van der Waals surface area contributed by atoms with E-state index < -0.39 is 18.5 Å². The number of carbonyl (C=O) groups excluding carboxylic acids is 1. The number of aliphatic hydroxyl groups is 1. The maximum atomic E-state index is 12.9. The summed E-state index contributed by atoms with van der Waals surface area (Å²) in [6.45, 7) is 5.72. The molecule has 0 radical (unpaired) electrons. The van der Waals surface area contributed by atoms with Crippen LogP contribution in [0.3, 0.4) is 0 Å². The van der Waals surface area contributed by atoms with Gasteiger partial charge < -0.3 is 25.4 Å². The SMILES string of the molecule is Cc1ccc(NC(=O)N2CCC(CC(F)(F)F)C2)cc1-c1cc(NC(C)CO)nc([C@]23CCOC[C@H]2C3)c1. The van der Waals surface area contributed by atoms with Crippen LogP contribution in [0.15, 0.2) is 30.3 Å². The van der Waals surface area contributed by atoms with Crippen molar-refractivity contribution < 1.29 is 27.8 Å². The number of aliphatic hydroxyl groups excluding tert-OH is 1. The molecule has 3 fully saturated rings. The molecule has 2 unspecified atom stereocenters. The molecule has 2 aromatic rings.